The molecule has 0 aliphatic heterocycles. The van der Waals surface area contributed by atoms with Gasteiger partial charge in [0.2, 0.25) is 0 Å². The average Bonchev–Trinajstić information content (AvgIpc) is 2.47. The third-order valence-electron chi connectivity index (χ3n) is 3.34. The quantitative estimate of drug-likeness (QED) is 0.723. The van der Waals surface area contributed by atoms with Crippen LogP contribution in [0.2, 0.25) is 0 Å². The molecule has 0 saturated carbocycles. The molecule has 0 fully saturated rings. The summed E-state index contributed by atoms with van der Waals surface area (Å²) in [6.07, 6.45) is 0. The fourth-order valence-electron chi connectivity index (χ4n) is 2.39. The maximum atomic E-state index is 9.43. The van der Waals surface area contributed by atoms with E-state index in [-0.39, 0.29) is 6.61 Å². The van der Waals surface area contributed by atoms with E-state index in [0.29, 0.717) is 0 Å². The summed E-state index contributed by atoms with van der Waals surface area (Å²) in [5, 5.41) is 11.7. The third-order valence-corrected chi connectivity index (χ3v) is 3.87. The second-order valence-corrected chi connectivity index (χ2v) is 5.40. The molecule has 0 atom stereocenters. The highest BCUT2D eigenvalue weighted by atomic mass is 79.9. The van der Waals surface area contributed by atoms with Crippen LogP contribution in [0.15, 0.2) is 65.1 Å². The number of rotatable bonds is 2. The zero-order valence-electron chi connectivity index (χ0n) is 10.3. The van der Waals surface area contributed by atoms with Crippen molar-refractivity contribution in [1.82, 2.24) is 0 Å². The molecule has 1 N–H and O–H groups in total. The van der Waals surface area contributed by atoms with E-state index in [2.05, 4.69) is 46.3 Å². The van der Waals surface area contributed by atoms with Crippen LogP contribution in [0.1, 0.15) is 5.56 Å². The molecule has 1 nitrogen and oxygen atoms in total. The van der Waals surface area contributed by atoms with Gasteiger partial charge in [-0.05, 0) is 39.6 Å². The predicted molar refractivity (Wildman–Crippen MR) is 83.0 cm³/mol. The molecule has 0 aromatic heterocycles. The molecule has 2 heteroatoms. The Morgan fingerprint density at radius 1 is 0.789 bits per heavy atom. The molecule has 0 bridgehead atoms. The minimum absolute atomic E-state index is 0.0706. The summed E-state index contributed by atoms with van der Waals surface area (Å²) in [7, 11) is 0. The first-order valence-corrected chi connectivity index (χ1v) is 6.96. The van der Waals surface area contributed by atoms with Crippen molar-refractivity contribution in [2.24, 2.45) is 0 Å². The molecule has 3 aromatic carbocycles. The number of halogens is 1. The molecule has 0 saturated heterocycles. The number of aliphatic hydroxyl groups excluding tert-OH is 1. The molecule has 0 heterocycles. The molecule has 0 spiro atoms. The van der Waals surface area contributed by atoms with Gasteiger partial charge in [-0.25, -0.2) is 0 Å². The van der Waals surface area contributed by atoms with E-state index in [1.54, 1.807) is 0 Å². The van der Waals surface area contributed by atoms with Crippen molar-refractivity contribution in [2.75, 3.05) is 0 Å². The zero-order valence-corrected chi connectivity index (χ0v) is 11.9. The fourth-order valence-corrected chi connectivity index (χ4v) is 2.66. The SMILES string of the molecule is OCc1cccc2c(-c3ccc(Br)cc3)cccc12. The largest absolute Gasteiger partial charge is 0.392 e. The molecule has 0 unspecified atom stereocenters. The molecule has 0 amide bonds. The van der Waals surface area contributed by atoms with Gasteiger partial charge >= 0.3 is 0 Å². The molecule has 94 valence electrons. The Hall–Kier alpha value is -1.64. The second kappa shape index (κ2) is 5.16. The van der Waals surface area contributed by atoms with Gasteiger partial charge in [0.1, 0.15) is 0 Å². The highest BCUT2D eigenvalue weighted by molar-refractivity contribution is 9.10. The zero-order chi connectivity index (χ0) is 13.2. The molecule has 0 radical (unpaired) electrons. The molecule has 3 rings (SSSR count). The van der Waals surface area contributed by atoms with Gasteiger partial charge in [-0.3, -0.25) is 0 Å². The van der Waals surface area contributed by atoms with Crippen LogP contribution >= 0.6 is 15.9 Å². The van der Waals surface area contributed by atoms with Crippen LogP contribution in [0.25, 0.3) is 21.9 Å². The fraction of sp³-hybridized carbons (Fsp3) is 0.0588. The molecule has 0 aliphatic rings. The number of hydrogen-bond donors (Lipinski definition) is 1. The van der Waals surface area contributed by atoms with E-state index < -0.39 is 0 Å². The van der Waals surface area contributed by atoms with Crippen molar-refractivity contribution in [1.29, 1.82) is 0 Å². The first kappa shape index (κ1) is 12.4. The standard InChI is InChI=1S/C17H13BrO/c18-14-9-7-12(8-10-14)15-4-2-5-16-13(11-19)3-1-6-17(15)16/h1-10,19H,11H2. The van der Waals surface area contributed by atoms with Gasteiger partial charge in [0.15, 0.2) is 0 Å². The van der Waals surface area contributed by atoms with Crippen molar-refractivity contribution >= 4 is 26.7 Å². The average molecular weight is 313 g/mol. The van der Waals surface area contributed by atoms with Gasteiger partial charge in [-0.15, -0.1) is 0 Å². The summed E-state index contributed by atoms with van der Waals surface area (Å²) in [5.41, 5.74) is 3.35. The Kier molecular flexibility index (Phi) is 3.36. The highest BCUT2D eigenvalue weighted by Gasteiger charge is 2.06. The lowest BCUT2D eigenvalue weighted by Gasteiger charge is -2.09. The molecule has 3 aromatic rings. The van der Waals surface area contributed by atoms with Crippen LogP contribution in [-0.4, -0.2) is 5.11 Å². The number of aliphatic hydroxyl groups is 1. The lowest BCUT2D eigenvalue weighted by atomic mass is 9.96. The van der Waals surface area contributed by atoms with Crippen LogP contribution in [-0.2, 0) is 6.61 Å². The van der Waals surface area contributed by atoms with E-state index >= 15 is 0 Å². The van der Waals surface area contributed by atoms with Crippen LogP contribution in [0.3, 0.4) is 0 Å². The van der Waals surface area contributed by atoms with Crippen molar-refractivity contribution < 1.29 is 5.11 Å². The van der Waals surface area contributed by atoms with Crippen molar-refractivity contribution in [3.63, 3.8) is 0 Å². The number of fused-ring (bicyclic) bond motifs is 1. The maximum Gasteiger partial charge on any atom is 0.0687 e. The van der Waals surface area contributed by atoms with Gasteiger partial charge in [-0.1, -0.05) is 64.5 Å². The lowest BCUT2D eigenvalue weighted by molar-refractivity contribution is 0.283. The van der Waals surface area contributed by atoms with Gasteiger partial charge in [0.25, 0.3) is 0 Å². The van der Waals surface area contributed by atoms with Gasteiger partial charge in [0.05, 0.1) is 6.61 Å². The van der Waals surface area contributed by atoms with Crippen LogP contribution in [0.4, 0.5) is 0 Å². The van der Waals surface area contributed by atoms with E-state index in [1.165, 1.54) is 16.5 Å². The monoisotopic (exact) mass is 312 g/mol. The first-order valence-electron chi connectivity index (χ1n) is 6.17. The Morgan fingerprint density at radius 3 is 2.21 bits per heavy atom. The Labute approximate surface area is 120 Å². The van der Waals surface area contributed by atoms with Gasteiger partial charge in [-0.2, -0.15) is 0 Å². The van der Waals surface area contributed by atoms with Crippen molar-refractivity contribution in [3.05, 3.63) is 70.7 Å². The topological polar surface area (TPSA) is 20.2 Å². The van der Waals surface area contributed by atoms with E-state index in [9.17, 15) is 5.11 Å². The molecule has 0 aliphatic carbocycles. The summed E-state index contributed by atoms with van der Waals surface area (Å²) < 4.78 is 1.08. The minimum Gasteiger partial charge on any atom is -0.392 e. The molecular formula is C17H13BrO. The van der Waals surface area contributed by atoms with E-state index in [4.69, 9.17) is 0 Å². The Balaban J connectivity index is 2.27. The lowest BCUT2D eigenvalue weighted by Crippen LogP contribution is -1.87. The molecule has 19 heavy (non-hydrogen) atoms. The summed E-state index contributed by atoms with van der Waals surface area (Å²) in [6, 6.07) is 20.6. The van der Waals surface area contributed by atoms with Gasteiger partial charge in [0, 0.05) is 4.47 Å². The smallest absolute Gasteiger partial charge is 0.0687 e. The highest BCUT2D eigenvalue weighted by Crippen LogP contribution is 2.31. The normalized spacial score (nSPS) is 10.8. The minimum atomic E-state index is 0.0706. The summed E-state index contributed by atoms with van der Waals surface area (Å²) in [5.74, 6) is 0. The number of benzene rings is 3. The van der Waals surface area contributed by atoms with Crippen molar-refractivity contribution in [3.8, 4) is 11.1 Å². The summed E-state index contributed by atoms with van der Waals surface area (Å²) in [4.78, 5) is 0. The van der Waals surface area contributed by atoms with Gasteiger partial charge < -0.3 is 5.11 Å². The number of hydrogen-bond acceptors (Lipinski definition) is 1. The van der Waals surface area contributed by atoms with Crippen molar-refractivity contribution in [2.45, 2.75) is 6.61 Å². The predicted octanol–water partition coefficient (Wildman–Crippen LogP) is 4.76. The second-order valence-electron chi connectivity index (χ2n) is 4.48. The van der Waals surface area contributed by atoms with E-state index in [0.717, 1.165) is 15.4 Å². The summed E-state index contributed by atoms with van der Waals surface area (Å²) in [6.45, 7) is 0.0706. The first-order chi connectivity index (χ1) is 9.29. The Morgan fingerprint density at radius 2 is 1.47 bits per heavy atom. The Bertz CT molecular complexity index is 717. The van der Waals surface area contributed by atoms with Crippen LogP contribution in [0.5, 0.6) is 0 Å². The van der Waals surface area contributed by atoms with E-state index in [1.807, 2.05) is 30.3 Å². The maximum absolute atomic E-state index is 9.43. The van der Waals surface area contributed by atoms with Crippen LogP contribution < -0.4 is 0 Å². The summed E-state index contributed by atoms with van der Waals surface area (Å²) >= 11 is 3.46. The molecular weight excluding hydrogens is 300 g/mol. The third kappa shape index (κ3) is 2.29. The van der Waals surface area contributed by atoms with Crippen LogP contribution in [0, 0.1) is 0 Å².